The Kier molecular flexibility index (Phi) is 4.03. The molecule has 0 spiro atoms. The van der Waals surface area contributed by atoms with Gasteiger partial charge in [0.05, 0.1) is 6.21 Å². The molecular formula is C12H14N2O2S. The number of carbonyl (C=O) groups excluding carboxylic acids is 1. The van der Waals surface area contributed by atoms with E-state index in [0.717, 1.165) is 22.8 Å². The molecule has 0 aliphatic carbocycles. The minimum atomic E-state index is -0.180. The summed E-state index contributed by atoms with van der Waals surface area (Å²) in [6.07, 6.45) is 1.94. The first kappa shape index (κ1) is 12.0. The van der Waals surface area contributed by atoms with Crippen LogP contribution >= 0.6 is 11.8 Å². The van der Waals surface area contributed by atoms with Gasteiger partial charge in [-0.2, -0.15) is 16.9 Å². The third-order valence-electron chi connectivity index (χ3n) is 2.20. The predicted molar refractivity (Wildman–Crippen MR) is 69.6 cm³/mol. The summed E-state index contributed by atoms with van der Waals surface area (Å²) in [5.74, 6) is 2.79. The molecule has 2 rings (SSSR count). The van der Waals surface area contributed by atoms with Crippen LogP contribution in [0.25, 0.3) is 0 Å². The fourth-order valence-corrected chi connectivity index (χ4v) is 1.90. The van der Waals surface area contributed by atoms with Gasteiger partial charge in [-0.3, -0.25) is 4.79 Å². The van der Waals surface area contributed by atoms with Crippen molar-refractivity contribution < 1.29 is 9.53 Å². The van der Waals surface area contributed by atoms with E-state index in [1.54, 1.807) is 6.21 Å². The van der Waals surface area contributed by atoms with E-state index in [1.807, 2.05) is 36.0 Å². The predicted octanol–water partition coefficient (Wildman–Crippen LogP) is 1.65. The molecular weight excluding hydrogens is 236 g/mol. The average Bonchev–Trinajstić information content (AvgIpc) is 2.24. The van der Waals surface area contributed by atoms with Crippen LogP contribution in [0.5, 0.6) is 5.75 Å². The molecule has 1 N–H and O–H groups in total. The van der Waals surface area contributed by atoms with Gasteiger partial charge >= 0.3 is 0 Å². The molecule has 0 radical (unpaired) electrons. The number of rotatable bonds is 4. The van der Waals surface area contributed by atoms with Gasteiger partial charge in [-0.25, -0.2) is 5.43 Å². The van der Waals surface area contributed by atoms with Crippen molar-refractivity contribution in [2.45, 2.75) is 13.0 Å². The molecule has 1 amide bonds. The Labute approximate surface area is 104 Å². The molecule has 0 bridgehead atoms. The molecule has 1 aromatic rings. The van der Waals surface area contributed by atoms with Crippen LogP contribution in [0.2, 0.25) is 0 Å². The van der Waals surface area contributed by atoms with Crippen molar-refractivity contribution in [2.75, 3.05) is 11.5 Å². The summed E-state index contributed by atoms with van der Waals surface area (Å²) in [4.78, 5) is 10.6. The van der Waals surface area contributed by atoms with E-state index in [9.17, 15) is 4.79 Å². The SMILES string of the molecule is CC(=O)N/N=C\c1cccc(OC2CSC2)c1. The first-order valence-corrected chi connectivity index (χ1v) is 6.53. The molecule has 1 saturated heterocycles. The smallest absolute Gasteiger partial charge is 0.236 e. The second-order valence-corrected chi connectivity index (χ2v) is 4.85. The fourth-order valence-electron chi connectivity index (χ4n) is 1.34. The third-order valence-corrected chi connectivity index (χ3v) is 3.42. The van der Waals surface area contributed by atoms with E-state index in [4.69, 9.17) is 4.74 Å². The number of carbonyl (C=O) groups is 1. The van der Waals surface area contributed by atoms with Gasteiger partial charge in [0.2, 0.25) is 5.91 Å². The van der Waals surface area contributed by atoms with E-state index >= 15 is 0 Å². The van der Waals surface area contributed by atoms with Crippen molar-refractivity contribution in [1.29, 1.82) is 0 Å². The molecule has 0 aromatic heterocycles. The van der Waals surface area contributed by atoms with Crippen molar-refractivity contribution >= 4 is 23.9 Å². The zero-order valence-electron chi connectivity index (χ0n) is 9.55. The number of amides is 1. The van der Waals surface area contributed by atoms with E-state index in [1.165, 1.54) is 6.92 Å². The summed E-state index contributed by atoms with van der Waals surface area (Å²) >= 11 is 1.89. The second kappa shape index (κ2) is 5.72. The number of thioether (sulfide) groups is 1. The summed E-state index contributed by atoms with van der Waals surface area (Å²) in [5, 5.41) is 3.81. The zero-order valence-corrected chi connectivity index (χ0v) is 10.4. The van der Waals surface area contributed by atoms with Crippen LogP contribution in [0.4, 0.5) is 0 Å². The lowest BCUT2D eigenvalue weighted by molar-refractivity contribution is -0.118. The Morgan fingerprint density at radius 2 is 2.41 bits per heavy atom. The van der Waals surface area contributed by atoms with Gasteiger partial charge in [-0.1, -0.05) is 12.1 Å². The molecule has 0 saturated carbocycles. The number of hydrogen-bond acceptors (Lipinski definition) is 4. The molecule has 1 fully saturated rings. The Balaban J connectivity index is 1.95. The summed E-state index contributed by atoms with van der Waals surface area (Å²) in [6.45, 7) is 1.42. The third kappa shape index (κ3) is 3.78. The minimum absolute atomic E-state index is 0.180. The van der Waals surface area contributed by atoms with Crippen LogP contribution in [-0.4, -0.2) is 29.7 Å². The van der Waals surface area contributed by atoms with Crippen molar-refractivity contribution in [1.82, 2.24) is 5.43 Å². The van der Waals surface area contributed by atoms with Crippen LogP contribution in [0.1, 0.15) is 12.5 Å². The van der Waals surface area contributed by atoms with Crippen LogP contribution < -0.4 is 10.2 Å². The summed E-state index contributed by atoms with van der Waals surface area (Å²) in [7, 11) is 0. The molecule has 17 heavy (non-hydrogen) atoms. The highest BCUT2D eigenvalue weighted by Gasteiger charge is 2.19. The normalized spacial score (nSPS) is 15.6. The van der Waals surface area contributed by atoms with Gasteiger partial charge in [0.25, 0.3) is 0 Å². The van der Waals surface area contributed by atoms with Gasteiger partial charge < -0.3 is 4.74 Å². The molecule has 90 valence electrons. The van der Waals surface area contributed by atoms with Gasteiger partial charge in [-0.15, -0.1) is 0 Å². The van der Waals surface area contributed by atoms with Gasteiger partial charge in [0.1, 0.15) is 11.9 Å². The van der Waals surface area contributed by atoms with Crippen LogP contribution in [0.15, 0.2) is 29.4 Å². The van der Waals surface area contributed by atoms with Crippen molar-refractivity contribution in [3.63, 3.8) is 0 Å². The Hall–Kier alpha value is -1.49. The average molecular weight is 250 g/mol. The largest absolute Gasteiger partial charge is 0.489 e. The highest BCUT2D eigenvalue weighted by Crippen LogP contribution is 2.24. The van der Waals surface area contributed by atoms with Crippen molar-refractivity contribution in [2.24, 2.45) is 5.10 Å². The maximum atomic E-state index is 10.6. The quantitative estimate of drug-likeness (QED) is 0.653. The van der Waals surface area contributed by atoms with Crippen LogP contribution in [0, 0.1) is 0 Å². The van der Waals surface area contributed by atoms with Gasteiger partial charge in [-0.05, 0) is 17.7 Å². The monoisotopic (exact) mass is 250 g/mol. The lowest BCUT2D eigenvalue weighted by Crippen LogP contribution is -2.31. The molecule has 1 heterocycles. The molecule has 0 unspecified atom stereocenters. The van der Waals surface area contributed by atoms with Crippen LogP contribution in [-0.2, 0) is 4.79 Å². The Morgan fingerprint density at radius 3 is 3.06 bits per heavy atom. The molecule has 5 heteroatoms. The maximum absolute atomic E-state index is 10.6. The highest BCUT2D eigenvalue weighted by atomic mass is 32.2. The van der Waals surface area contributed by atoms with Crippen LogP contribution in [0.3, 0.4) is 0 Å². The van der Waals surface area contributed by atoms with Gasteiger partial charge in [0.15, 0.2) is 0 Å². The highest BCUT2D eigenvalue weighted by molar-refractivity contribution is 8.00. The number of ether oxygens (including phenoxy) is 1. The summed E-state index contributed by atoms with van der Waals surface area (Å²) in [6, 6.07) is 7.66. The fraction of sp³-hybridized carbons (Fsp3) is 0.333. The maximum Gasteiger partial charge on any atom is 0.236 e. The molecule has 1 aromatic carbocycles. The van der Waals surface area contributed by atoms with E-state index in [0.29, 0.717) is 6.10 Å². The molecule has 1 aliphatic rings. The number of nitrogens with zero attached hydrogens (tertiary/aromatic N) is 1. The first-order valence-electron chi connectivity index (χ1n) is 5.38. The van der Waals surface area contributed by atoms with Crippen molar-refractivity contribution in [3.8, 4) is 5.75 Å². The Bertz CT molecular complexity index is 430. The standard InChI is InChI=1S/C12H14N2O2S/c1-9(15)14-13-6-10-3-2-4-11(5-10)16-12-7-17-8-12/h2-6,12H,7-8H2,1H3,(H,14,15)/b13-6-. The van der Waals surface area contributed by atoms with E-state index in [2.05, 4.69) is 10.5 Å². The first-order chi connectivity index (χ1) is 8.24. The lowest BCUT2D eigenvalue weighted by Gasteiger charge is -2.25. The molecule has 0 atom stereocenters. The number of nitrogens with one attached hydrogen (secondary N) is 1. The number of hydrogen-bond donors (Lipinski definition) is 1. The summed E-state index contributed by atoms with van der Waals surface area (Å²) < 4.78 is 5.75. The van der Waals surface area contributed by atoms with E-state index < -0.39 is 0 Å². The van der Waals surface area contributed by atoms with Crippen molar-refractivity contribution in [3.05, 3.63) is 29.8 Å². The summed E-state index contributed by atoms with van der Waals surface area (Å²) in [5.41, 5.74) is 3.27. The lowest BCUT2D eigenvalue weighted by atomic mass is 10.2. The number of benzene rings is 1. The second-order valence-electron chi connectivity index (χ2n) is 3.78. The Morgan fingerprint density at radius 1 is 1.59 bits per heavy atom. The minimum Gasteiger partial charge on any atom is -0.489 e. The topological polar surface area (TPSA) is 50.7 Å². The zero-order chi connectivity index (χ0) is 12.1. The number of hydrazone groups is 1. The molecule has 4 nitrogen and oxygen atoms in total. The van der Waals surface area contributed by atoms with Gasteiger partial charge in [0, 0.05) is 18.4 Å². The van der Waals surface area contributed by atoms with E-state index in [-0.39, 0.29) is 5.91 Å². The molecule has 1 aliphatic heterocycles.